The molecule has 2 heteroatoms. The molecule has 0 aliphatic heterocycles. The molecule has 1 unspecified atom stereocenters. The molecule has 1 fully saturated rings. The largest absolute Gasteiger partial charge is 0.377 e. The van der Waals surface area contributed by atoms with E-state index in [1.807, 2.05) is 0 Å². The van der Waals surface area contributed by atoms with Gasteiger partial charge >= 0.3 is 0 Å². The number of benzene rings is 1. The van der Waals surface area contributed by atoms with Crippen LogP contribution >= 0.6 is 0 Å². The van der Waals surface area contributed by atoms with Crippen LogP contribution in [-0.4, -0.2) is 12.6 Å². The molecule has 0 heterocycles. The van der Waals surface area contributed by atoms with Crippen LogP contribution in [0.15, 0.2) is 24.3 Å². The van der Waals surface area contributed by atoms with Crippen LogP contribution in [-0.2, 0) is 11.2 Å². The third kappa shape index (κ3) is 2.58. The molecule has 0 radical (unpaired) electrons. The van der Waals surface area contributed by atoms with E-state index in [1.54, 1.807) is 7.11 Å². The maximum absolute atomic E-state index is 6.11. The summed E-state index contributed by atoms with van der Waals surface area (Å²) < 4.78 is 5.31. The summed E-state index contributed by atoms with van der Waals surface area (Å²) in [6.07, 6.45) is 3.49. The van der Waals surface area contributed by atoms with Crippen molar-refractivity contribution in [2.24, 2.45) is 5.73 Å². The van der Waals surface area contributed by atoms with E-state index in [4.69, 9.17) is 10.5 Å². The van der Waals surface area contributed by atoms with Gasteiger partial charge in [0.25, 0.3) is 0 Å². The fraction of sp³-hybridized carbons (Fsp3) is 0.538. The first-order chi connectivity index (χ1) is 7.13. The van der Waals surface area contributed by atoms with Gasteiger partial charge < -0.3 is 10.5 Å². The standard InChI is InChI=1S/C13H19NO/c1-10(15-2)12-5-3-4-11(8-12)9-13(14)6-7-13/h3-5,8,10H,6-7,9,14H2,1-2H3. The van der Waals surface area contributed by atoms with Crippen molar-refractivity contribution in [3.05, 3.63) is 35.4 Å². The monoisotopic (exact) mass is 205 g/mol. The van der Waals surface area contributed by atoms with Gasteiger partial charge in [-0.2, -0.15) is 0 Å². The molecule has 0 aromatic heterocycles. The number of ether oxygens (including phenoxy) is 1. The summed E-state index contributed by atoms with van der Waals surface area (Å²) in [6.45, 7) is 2.06. The fourth-order valence-electron chi connectivity index (χ4n) is 1.84. The van der Waals surface area contributed by atoms with Crippen molar-refractivity contribution in [3.63, 3.8) is 0 Å². The average Bonchev–Trinajstić information content (AvgIpc) is 2.95. The van der Waals surface area contributed by atoms with Gasteiger partial charge in [0.15, 0.2) is 0 Å². The molecule has 15 heavy (non-hydrogen) atoms. The molecular formula is C13H19NO. The van der Waals surface area contributed by atoms with Crippen molar-refractivity contribution < 1.29 is 4.74 Å². The van der Waals surface area contributed by atoms with Gasteiger partial charge in [0.05, 0.1) is 6.10 Å². The second-order valence-electron chi connectivity index (χ2n) is 4.66. The molecule has 1 aliphatic carbocycles. The van der Waals surface area contributed by atoms with Gasteiger partial charge in [-0.3, -0.25) is 0 Å². The van der Waals surface area contributed by atoms with E-state index in [9.17, 15) is 0 Å². The molecular weight excluding hydrogens is 186 g/mol. The minimum Gasteiger partial charge on any atom is -0.377 e. The lowest BCUT2D eigenvalue weighted by Gasteiger charge is -2.13. The van der Waals surface area contributed by atoms with Crippen LogP contribution < -0.4 is 5.73 Å². The van der Waals surface area contributed by atoms with Crippen LogP contribution in [0, 0.1) is 0 Å². The Labute approximate surface area is 91.4 Å². The highest BCUT2D eigenvalue weighted by molar-refractivity contribution is 5.27. The van der Waals surface area contributed by atoms with Crippen LogP contribution in [0.3, 0.4) is 0 Å². The quantitative estimate of drug-likeness (QED) is 0.819. The van der Waals surface area contributed by atoms with E-state index in [0.717, 1.165) is 19.3 Å². The van der Waals surface area contributed by atoms with Gasteiger partial charge in [0, 0.05) is 12.6 Å². The van der Waals surface area contributed by atoms with Gasteiger partial charge in [-0.1, -0.05) is 24.3 Å². The van der Waals surface area contributed by atoms with Crippen LogP contribution in [0.1, 0.15) is 37.0 Å². The molecule has 0 bridgehead atoms. The zero-order valence-electron chi connectivity index (χ0n) is 9.49. The van der Waals surface area contributed by atoms with Gasteiger partial charge in [-0.15, -0.1) is 0 Å². The summed E-state index contributed by atoms with van der Waals surface area (Å²) in [5, 5.41) is 0. The first-order valence-corrected chi connectivity index (χ1v) is 5.53. The van der Waals surface area contributed by atoms with Gasteiger partial charge in [0.1, 0.15) is 0 Å². The van der Waals surface area contributed by atoms with Crippen molar-refractivity contribution >= 4 is 0 Å². The van der Waals surface area contributed by atoms with E-state index >= 15 is 0 Å². The highest BCUT2D eigenvalue weighted by Crippen LogP contribution is 2.35. The van der Waals surface area contributed by atoms with Gasteiger partial charge in [0.2, 0.25) is 0 Å². The van der Waals surface area contributed by atoms with Gasteiger partial charge in [-0.25, -0.2) is 0 Å². The maximum Gasteiger partial charge on any atom is 0.0793 e. The highest BCUT2D eigenvalue weighted by Gasteiger charge is 2.37. The molecule has 82 valence electrons. The molecule has 1 aromatic carbocycles. The first kappa shape index (κ1) is 10.7. The zero-order valence-corrected chi connectivity index (χ0v) is 9.49. The highest BCUT2D eigenvalue weighted by atomic mass is 16.5. The maximum atomic E-state index is 6.11. The van der Waals surface area contributed by atoms with Crippen LogP contribution in [0.4, 0.5) is 0 Å². The first-order valence-electron chi connectivity index (χ1n) is 5.53. The Kier molecular flexibility index (Phi) is 2.81. The molecule has 1 saturated carbocycles. The third-order valence-electron chi connectivity index (χ3n) is 3.22. The summed E-state index contributed by atoms with van der Waals surface area (Å²) in [5.74, 6) is 0. The fourth-order valence-corrected chi connectivity index (χ4v) is 1.84. The van der Waals surface area contributed by atoms with E-state index in [0.29, 0.717) is 0 Å². The minimum atomic E-state index is 0.0922. The zero-order chi connectivity index (χ0) is 10.9. The van der Waals surface area contributed by atoms with E-state index in [2.05, 4.69) is 31.2 Å². The normalized spacial score (nSPS) is 19.9. The lowest BCUT2D eigenvalue weighted by molar-refractivity contribution is 0.119. The number of methoxy groups -OCH3 is 1. The lowest BCUT2D eigenvalue weighted by Crippen LogP contribution is -2.24. The number of hydrogen-bond acceptors (Lipinski definition) is 2. The second kappa shape index (κ2) is 3.95. The Bertz CT molecular complexity index is 344. The van der Waals surface area contributed by atoms with Crippen LogP contribution in [0.25, 0.3) is 0 Å². The van der Waals surface area contributed by atoms with E-state index in [1.165, 1.54) is 11.1 Å². The summed E-state index contributed by atoms with van der Waals surface area (Å²) in [5.41, 5.74) is 8.76. The van der Waals surface area contributed by atoms with Crippen LogP contribution in [0.5, 0.6) is 0 Å². The van der Waals surface area contributed by atoms with Gasteiger partial charge in [-0.05, 0) is 37.3 Å². The summed E-state index contributed by atoms with van der Waals surface area (Å²) in [7, 11) is 1.74. The molecule has 0 amide bonds. The molecule has 2 rings (SSSR count). The lowest BCUT2D eigenvalue weighted by atomic mass is 10.0. The predicted molar refractivity (Wildman–Crippen MR) is 61.7 cm³/mol. The Balaban J connectivity index is 2.11. The second-order valence-corrected chi connectivity index (χ2v) is 4.66. The minimum absolute atomic E-state index is 0.0922. The summed E-state index contributed by atoms with van der Waals surface area (Å²) in [4.78, 5) is 0. The number of hydrogen-bond donors (Lipinski definition) is 1. The Morgan fingerprint density at radius 2 is 2.20 bits per heavy atom. The topological polar surface area (TPSA) is 35.2 Å². The SMILES string of the molecule is COC(C)c1cccc(CC2(N)CC2)c1. The third-order valence-corrected chi connectivity index (χ3v) is 3.22. The molecule has 0 saturated heterocycles. The van der Waals surface area contributed by atoms with Crippen molar-refractivity contribution in [1.82, 2.24) is 0 Å². The van der Waals surface area contributed by atoms with Crippen molar-refractivity contribution in [3.8, 4) is 0 Å². The van der Waals surface area contributed by atoms with Crippen molar-refractivity contribution in [1.29, 1.82) is 0 Å². The number of nitrogens with two attached hydrogens (primary N) is 1. The molecule has 0 spiro atoms. The Morgan fingerprint density at radius 3 is 2.80 bits per heavy atom. The Morgan fingerprint density at radius 1 is 1.47 bits per heavy atom. The molecule has 1 aromatic rings. The predicted octanol–water partition coefficient (Wildman–Crippen LogP) is 2.43. The molecule has 2 N–H and O–H groups in total. The summed E-state index contributed by atoms with van der Waals surface area (Å²) >= 11 is 0. The Hall–Kier alpha value is -0.860. The average molecular weight is 205 g/mol. The smallest absolute Gasteiger partial charge is 0.0793 e. The molecule has 2 nitrogen and oxygen atoms in total. The molecule has 1 atom stereocenters. The molecule has 1 aliphatic rings. The number of rotatable bonds is 4. The van der Waals surface area contributed by atoms with Crippen molar-refractivity contribution in [2.75, 3.05) is 7.11 Å². The van der Waals surface area contributed by atoms with Crippen LogP contribution in [0.2, 0.25) is 0 Å². The van der Waals surface area contributed by atoms with E-state index < -0.39 is 0 Å². The van der Waals surface area contributed by atoms with E-state index in [-0.39, 0.29) is 11.6 Å². The van der Waals surface area contributed by atoms with Crippen molar-refractivity contribution in [2.45, 2.75) is 37.8 Å². The summed E-state index contributed by atoms with van der Waals surface area (Å²) in [6, 6.07) is 8.56.